The van der Waals surface area contributed by atoms with Gasteiger partial charge in [-0.15, -0.1) is 0 Å². The number of rotatable bonds is 1. The van der Waals surface area contributed by atoms with Crippen molar-refractivity contribution in [2.45, 2.75) is 45.6 Å². The second-order valence-corrected chi connectivity index (χ2v) is 4.81. The third-order valence-electron chi connectivity index (χ3n) is 3.10. The van der Waals surface area contributed by atoms with Crippen LogP contribution in [-0.2, 0) is 12.8 Å². The summed E-state index contributed by atoms with van der Waals surface area (Å²) >= 11 is 0. The predicted molar refractivity (Wildman–Crippen MR) is 61.8 cm³/mol. The molecule has 0 aromatic heterocycles. The smallest absolute Gasteiger partial charge is 0.0409 e. The largest absolute Gasteiger partial charge is 0.380 e. The zero-order valence-corrected chi connectivity index (χ0v) is 9.35. The third-order valence-corrected chi connectivity index (χ3v) is 3.10. The second-order valence-electron chi connectivity index (χ2n) is 4.81. The first kappa shape index (κ1) is 9.57. The average Bonchev–Trinajstić information content (AvgIpc) is 2.15. The molecule has 1 heteroatoms. The third kappa shape index (κ3) is 1.63. The fourth-order valence-electron chi connectivity index (χ4n) is 2.16. The highest BCUT2D eigenvalue weighted by Gasteiger charge is 2.24. The lowest BCUT2D eigenvalue weighted by atomic mass is 9.87. The molecule has 1 aliphatic rings. The minimum Gasteiger partial charge on any atom is -0.380 e. The first-order chi connectivity index (χ1) is 6.62. The van der Waals surface area contributed by atoms with Crippen molar-refractivity contribution in [1.29, 1.82) is 0 Å². The maximum absolute atomic E-state index is 3.66. The molecule has 1 aliphatic heterocycles. The Morgan fingerprint density at radius 3 is 2.86 bits per heavy atom. The highest BCUT2D eigenvalue weighted by atomic mass is 15.0. The van der Waals surface area contributed by atoms with Crippen LogP contribution in [0.25, 0.3) is 0 Å². The van der Waals surface area contributed by atoms with Crippen molar-refractivity contribution in [2.24, 2.45) is 0 Å². The van der Waals surface area contributed by atoms with Gasteiger partial charge in [0, 0.05) is 11.2 Å². The van der Waals surface area contributed by atoms with Crippen molar-refractivity contribution in [1.82, 2.24) is 0 Å². The van der Waals surface area contributed by atoms with Crippen LogP contribution in [0.15, 0.2) is 18.2 Å². The maximum Gasteiger partial charge on any atom is 0.0409 e. The summed E-state index contributed by atoms with van der Waals surface area (Å²) in [5.74, 6) is 0. The molecule has 1 nitrogen and oxygen atoms in total. The van der Waals surface area contributed by atoms with Gasteiger partial charge < -0.3 is 5.32 Å². The SMILES string of the molecule is CCc1cccc2c1NC(C)(C)CC2. The molecular formula is C13H19N. The summed E-state index contributed by atoms with van der Waals surface area (Å²) in [4.78, 5) is 0. The van der Waals surface area contributed by atoms with Crippen molar-refractivity contribution in [3.63, 3.8) is 0 Å². The molecule has 0 radical (unpaired) electrons. The van der Waals surface area contributed by atoms with Crippen LogP contribution in [0.2, 0.25) is 0 Å². The minimum absolute atomic E-state index is 0.262. The number of hydrogen-bond acceptors (Lipinski definition) is 1. The van der Waals surface area contributed by atoms with Crippen molar-refractivity contribution in [3.8, 4) is 0 Å². The molecule has 76 valence electrons. The Hall–Kier alpha value is -0.980. The van der Waals surface area contributed by atoms with Gasteiger partial charge in [-0.25, -0.2) is 0 Å². The normalized spacial score (nSPS) is 18.5. The molecular weight excluding hydrogens is 170 g/mol. The molecule has 0 fully saturated rings. The van der Waals surface area contributed by atoms with E-state index in [1.54, 1.807) is 0 Å². The fraction of sp³-hybridized carbons (Fsp3) is 0.538. The molecule has 2 rings (SSSR count). The van der Waals surface area contributed by atoms with E-state index in [-0.39, 0.29) is 5.54 Å². The highest BCUT2D eigenvalue weighted by molar-refractivity contribution is 5.60. The lowest BCUT2D eigenvalue weighted by Gasteiger charge is -2.35. The molecule has 1 aromatic rings. The Balaban J connectivity index is 2.43. The zero-order valence-electron chi connectivity index (χ0n) is 9.35. The van der Waals surface area contributed by atoms with Gasteiger partial charge in [0.05, 0.1) is 0 Å². The van der Waals surface area contributed by atoms with Crippen LogP contribution >= 0.6 is 0 Å². The molecule has 0 saturated heterocycles. The molecule has 0 bridgehead atoms. The van der Waals surface area contributed by atoms with E-state index >= 15 is 0 Å². The maximum atomic E-state index is 3.66. The summed E-state index contributed by atoms with van der Waals surface area (Å²) < 4.78 is 0. The van der Waals surface area contributed by atoms with E-state index in [1.165, 1.54) is 29.7 Å². The number of para-hydroxylation sites is 1. The Morgan fingerprint density at radius 1 is 1.36 bits per heavy atom. The Bertz CT molecular complexity index is 325. The molecule has 0 saturated carbocycles. The minimum atomic E-state index is 0.262. The fourth-order valence-corrected chi connectivity index (χ4v) is 2.16. The molecule has 1 N–H and O–H groups in total. The van der Waals surface area contributed by atoms with Crippen LogP contribution in [0.3, 0.4) is 0 Å². The van der Waals surface area contributed by atoms with E-state index in [9.17, 15) is 0 Å². The number of aryl methyl sites for hydroxylation is 2. The van der Waals surface area contributed by atoms with Gasteiger partial charge in [0.25, 0.3) is 0 Å². The van der Waals surface area contributed by atoms with Gasteiger partial charge in [0.1, 0.15) is 0 Å². The zero-order chi connectivity index (χ0) is 10.2. The summed E-state index contributed by atoms with van der Waals surface area (Å²) in [5, 5.41) is 3.66. The number of anilines is 1. The van der Waals surface area contributed by atoms with E-state index in [4.69, 9.17) is 0 Å². The van der Waals surface area contributed by atoms with E-state index in [2.05, 4.69) is 44.3 Å². The van der Waals surface area contributed by atoms with Crippen molar-refractivity contribution < 1.29 is 0 Å². The van der Waals surface area contributed by atoms with Crippen LogP contribution in [-0.4, -0.2) is 5.54 Å². The summed E-state index contributed by atoms with van der Waals surface area (Å²) in [6.45, 7) is 6.78. The van der Waals surface area contributed by atoms with E-state index in [1.807, 2.05) is 0 Å². The van der Waals surface area contributed by atoms with Gasteiger partial charge >= 0.3 is 0 Å². The number of benzene rings is 1. The topological polar surface area (TPSA) is 12.0 Å². The molecule has 0 unspecified atom stereocenters. The molecule has 1 aromatic carbocycles. The van der Waals surface area contributed by atoms with E-state index in [0.717, 1.165) is 6.42 Å². The van der Waals surface area contributed by atoms with Crippen molar-refractivity contribution in [2.75, 3.05) is 5.32 Å². The second kappa shape index (κ2) is 3.30. The van der Waals surface area contributed by atoms with Crippen LogP contribution in [0, 0.1) is 0 Å². The number of hydrogen-bond donors (Lipinski definition) is 1. The van der Waals surface area contributed by atoms with Gasteiger partial charge in [-0.3, -0.25) is 0 Å². The molecule has 0 atom stereocenters. The van der Waals surface area contributed by atoms with Crippen molar-refractivity contribution >= 4 is 5.69 Å². The first-order valence-corrected chi connectivity index (χ1v) is 5.51. The molecule has 0 aliphatic carbocycles. The summed E-state index contributed by atoms with van der Waals surface area (Å²) in [7, 11) is 0. The van der Waals surface area contributed by atoms with Crippen LogP contribution in [0.1, 0.15) is 38.3 Å². The average molecular weight is 189 g/mol. The molecule has 14 heavy (non-hydrogen) atoms. The Kier molecular flexibility index (Phi) is 2.26. The lowest BCUT2D eigenvalue weighted by molar-refractivity contribution is 0.501. The van der Waals surface area contributed by atoms with Gasteiger partial charge in [0.2, 0.25) is 0 Å². The lowest BCUT2D eigenvalue weighted by Crippen LogP contribution is -2.35. The molecule has 1 heterocycles. The Labute approximate surface area is 86.5 Å². The predicted octanol–water partition coefficient (Wildman–Crippen LogP) is 3.39. The number of nitrogens with one attached hydrogen (secondary N) is 1. The van der Waals surface area contributed by atoms with Gasteiger partial charge in [-0.05, 0) is 44.2 Å². The number of fused-ring (bicyclic) bond motifs is 1. The summed E-state index contributed by atoms with van der Waals surface area (Å²) in [6.07, 6.45) is 3.56. The van der Waals surface area contributed by atoms with E-state index in [0.29, 0.717) is 0 Å². The molecule has 0 amide bonds. The van der Waals surface area contributed by atoms with Gasteiger partial charge in [0.15, 0.2) is 0 Å². The Morgan fingerprint density at radius 2 is 2.14 bits per heavy atom. The standard InChI is InChI=1S/C13H19N/c1-4-10-6-5-7-11-8-9-13(2,3)14-12(10)11/h5-7,14H,4,8-9H2,1-3H3. The van der Waals surface area contributed by atoms with Crippen LogP contribution in [0.4, 0.5) is 5.69 Å². The summed E-state index contributed by atoms with van der Waals surface area (Å²) in [5.41, 5.74) is 4.60. The van der Waals surface area contributed by atoms with Crippen LogP contribution in [0.5, 0.6) is 0 Å². The van der Waals surface area contributed by atoms with Crippen molar-refractivity contribution in [3.05, 3.63) is 29.3 Å². The molecule has 0 spiro atoms. The quantitative estimate of drug-likeness (QED) is 0.714. The first-order valence-electron chi connectivity index (χ1n) is 5.51. The monoisotopic (exact) mass is 189 g/mol. The highest BCUT2D eigenvalue weighted by Crippen LogP contribution is 2.33. The van der Waals surface area contributed by atoms with E-state index < -0.39 is 0 Å². The van der Waals surface area contributed by atoms with Crippen LogP contribution < -0.4 is 5.32 Å². The van der Waals surface area contributed by atoms with Gasteiger partial charge in [-0.1, -0.05) is 25.1 Å². The summed E-state index contributed by atoms with van der Waals surface area (Å²) in [6, 6.07) is 6.65. The van der Waals surface area contributed by atoms with Gasteiger partial charge in [-0.2, -0.15) is 0 Å².